The monoisotopic (exact) mass is 463 g/mol. The molecular formula is C18H20F3N3O6S. The second-order valence-corrected chi connectivity index (χ2v) is 7.48. The van der Waals surface area contributed by atoms with Crippen molar-refractivity contribution < 1.29 is 41.4 Å². The second kappa shape index (κ2) is 10.6. The summed E-state index contributed by atoms with van der Waals surface area (Å²) in [5, 5.41) is 16.5. The lowest BCUT2D eigenvalue weighted by molar-refractivity contribution is -0.192. The van der Waals surface area contributed by atoms with Crippen LogP contribution in [0.2, 0.25) is 0 Å². The van der Waals surface area contributed by atoms with Crippen LogP contribution in [0.15, 0.2) is 47.5 Å². The molecule has 3 N–H and O–H groups in total. The second-order valence-electron chi connectivity index (χ2n) is 5.79. The molecule has 9 nitrogen and oxygen atoms in total. The van der Waals surface area contributed by atoms with Crippen LogP contribution in [0.3, 0.4) is 0 Å². The highest BCUT2D eigenvalue weighted by atomic mass is 32.2. The number of aromatic carboxylic acids is 1. The smallest absolute Gasteiger partial charge is 0.478 e. The molecule has 0 spiro atoms. The van der Waals surface area contributed by atoms with Gasteiger partial charge in [-0.3, -0.25) is 4.72 Å². The molecule has 2 rings (SSSR count). The Bertz CT molecular complexity index is 1010. The van der Waals surface area contributed by atoms with Crippen molar-refractivity contribution in [1.82, 2.24) is 4.98 Å². The van der Waals surface area contributed by atoms with E-state index in [9.17, 15) is 31.5 Å². The van der Waals surface area contributed by atoms with Gasteiger partial charge in [-0.15, -0.1) is 0 Å². The van der Waals surface area contributed by atoms with Gasteiger partial charge in [0.25, 0.3) is 10.0 Å². The fourth-order valence-corrected chi connectivity index (χ4v) is 3.31. The lowest BCUT2D eigenvalue weighted by Gasteiger charge is -2.22. The number of sulfonamides is 1. The first-order chi connectivity index (χ1) is 14.3. The number of nitrogens with one attached hydrogen (secondary N) is 1. The maximum atomic E-state index is 12.3. The van der Waals surface area contributed by atoms with Gasteiger partial charge >= 0.3 is 18.1 Å². The highest BCUT2D eigenvalue weighted by Gasteiger charge is 2.38. The lowest BCUT2D eigenvalue weighted by Crippen LogP contribution is -2.25. The number of anilines is 2. The molecule has 0 fully saturated rings. The first kappa shape index (κ1) is 25.7. The van der Waals surface area contributed by atoms with Crippen LogP contribution < -0.4 is 9.62 Å². The zero-order valence-electron chi connectivity index (χ0n) is 16.4. The Balaban J connectivity index is 0.000000592. The number of aromatic nitrogens is 1. The normalized spacial score (nSPS) is 11.1. The van der Waals surface area contributed by atoms with E-state index in [1.54, 1.807) is 23.1 Å². The Kier molecular flexibility index (Phi) is 8.79. The van der Waals surface area contributed by atoms with Gasteiger partial charge in [0, 0.05) is 13.1 Å². The number of aliphatic carboxylic acids is 1. The van der Waals surface area contributed by atoms with Crippen molar-refractivity contribution >= 4 is 33.5 Å². The van der Waals surface area contributed by atoms with E-state index < -0.39 is 28.1 Å². The summed E-state index contributed by atoms with van der Waals surface area (Å²) in [5.41, 5.74) is 0.0547. The first-order valence-corrected chi connectivity index (χ1v) is 10.2. The summed E-state index contributed by atoms with van der Waals surface area (Å²) in [5.74, 6) is -3.60. The van der Waals surface area contributed by atoms with Gasteiger partial charge in [-0.2, -0.15) is 13.2 Å². The van der Waals surface area contributed by atoms with Gasteiger partial charge in [-0.05, 0) is 32.0 Å². The van der Waals surface area contributed by atoms with Crippen molar-refractivity contribution in [3.05, 3.63) is 48.2 Å². The van der Waals surface area contributed by atoms with E-state index in [1.165, 1.54) is 24.4 Å². The predicted molar refractivity (Wildman–Crippen MR) is 106 cm³/mol. The molecular weight excluding hydrogens is 443 g/mol. The van der Waals surface area contributed by atoms with Crippen LogP contribution in [-0.4, -0.2) is 54.8 Å². The molecule has 1 aromatic heterocycles. The SMILES string of the molecule is CCN(CC)c1ncc(NS(=O)(=O)c2ccccc2)cc1C(=O)O.O=C(O)C(F)(F)F. The van der Waals surface area contributed by atoms with E-state index in [-0.39, 0.29) is 16.1 Å². The third-order valence-corrected chi connectivity index (χ3v) is 5.11. The molecule has 0 saturated heterocycles. The number of benzene rings is 1. The van der Waals surface area contributed by atoms with Crippen LogP contribution in [0.4, 0.5) is 24.7 Å². The number of carbonyl (C=O) groups is 2. The topological polar surface area (TPSA) is 137 Å². The highest BCUT2D eigenvalue weighted by Crippen LogP contribution is 2.23. The van der Waals surface area contributed by atoms with Crippen LogP contribution in [0, 0.1) is 0 Å². The summed E-state index contributed by atoms with van der Waals surface area (Å²) < 4.78 is 58.7. The summed E-state index contributed by atoms with van der Waals surface area (Å²) in [7, 11) is -3.80. The molecule has 0 saturated carbocycles. The fourth-order valence-electron chi connectivity index (χ4n) is 2.26. The Morgan fingerprint density at radius 3 is 2.03 bits per heavy atom. The Morgan fingerprint density at radius 1 is 1.10 bits per heavy atom. The molecule has 170 valence electrons. The largest absolute Gasteiger partial charge is 0.490 e. The number of hydrogen-bond donors (Lipinski definition) is 3. The highest BCUT2D eigenvalue weighted by molar-refractivity contribution is 7.92. The molecule has 1 aromatic carbocycles. The summed E-state index contributed by atoms with van der Waals surface area (Å²) in [4.78, 5) is 26.4. The Hall–Kier alpha value is -3.35. The first-order valence-electron chi connectivity index (χ1n) is 8.69. The summed E-state index contributed by atoms with van der Waals surface area (Å²) in [6.07, 6.45) is -3.76. The molecule has 0 bridgehead atoms. The molecule has 0 atom stereocenters. The molecule has 1 heterocycles. The van der Waals surface area contributed by atoms with Gasteiger partial charge < -0.3 is 15.1 Å². The van der Waals surface area contributed by atoms with Gasteiger partial charge in [0.1, 0.15) is 11.4 Å². The molecule has 0 radical (unpaired) electrons. The van der Waals surface area contributed by atoms with E-state index in [1.807, 2.05) is 13.8 Å². The van der Waals surface area contributed by atoms with Crippen molar-refractivity contribution in [1.29, 1.82) is 0 Å². The third-order valence-electron chi connectivity index (χ3n) is 3.71. The molecule has 0 aliphatic rings. The van der Waals surface area contributed by atoms with E-state index >= 15 is 0 Å². The standard InChI is InChI=1S/C16H19N3O4S.C2HF3O2/c1-3-19(4-2)15-14(16(20)21)10-12(11-17-15)18-24(22,23)13-8-6-5-7-9-13;3-2(4,5)1(6)7/h5-11,18H,3-4H2,1-2H3,(H,20,21);(H,6,7). The minimum atomic E-state index is -5.08. The van der Waals surface area contributed by atoms with Crippen LogP contribution in [0.5, 0.6) is 0 Å². The lowest BCUT2D eigenvalue weighted by atomic mass is 10.2. The predicted octanol–water partition coefficient (Wildman–Crippen LogP) is 3.06. The van der Waals surface area contributed by atoms with Gasteiger partial charge in [0.05, 0.1) is 16.8 Å². The minimum Gasteiger partial charge on any atom is -0.478 e. The number of nitrogens with zero attached hydrogens (tertiary/aromatic N) is 2. The van der Waals surface area contributed by atoms with Crippen LogP contribution >= 0.6 is 0 Å². The van der Waals surface area contributed by atoms with Gasteiger partial charge in [0.15, 0.2) is 0 Å². The average Bonchev–Trinajstić information content (AvgIpc) is 2.70. The third kappa shape index (κ3) is 7.44. The van der Waals surface area contributed by atoms with Gasteiger partial charge in [-0.25, -0.2) is 23.0 Å². The number of carboxylic acid groups (broad SMARTS) is 2. The fraction of sp³-hybridized carbons (Fsp3) is 0.278. The molecule has 0 aliphatic carbocycles. The zero-order valence-corrected chi connectivity index (χ0v) is 17.2. The van der Waals surface area contributed by atoms with Crippen molar-refractivity contribution in [3.63, 3.8) is 0 Å². The average molecular weight is 463 g/mol. The summed E-state index contributed by atoms with van der Waals surface area (Å²) in [6, 6.07) is 9.12. The maximum absolute atomic E-state index is 12.3. The molecule has 0 aliphatic heterocycles. The number of carboxylic acids is 2. The van der Waals surface area contributed by atoms with E-state index in [2.05, 4.69) is 9.71 Å². The molecule has 2 aromatic rings. The van der Waals surface area contributed by atoms with E-state index in [4.69, 9.17) is 9.90 Å². The van der Waals surface area contributed by atoms with Crippen molar-refractivity contribution in [2.75, 3.05) is 22.7 Å². The van der Waals surface area contributed by atoms with Crippen LogP contribution in [-0.2, 0) is 14.8 Å². The Labute approximate surface area is 176 Å². The molecule has 13 heteroatoms. The van der Waals surface area contributed by atoms with Gasteiger partial charge in [0.2, 0.25) is 0 Å². The summed E-state index contributed by atoms with van der Waals surface area (Å²) >= 11 is 0. The van der Waals surface area contributed by atoms with Gasteiger partial charge in [-0.1, -0.05) is 18.2 Å². The molecule has 0 unspecified atom stereocenters. The molecule has 31 heavy (non-hydrogen) atoms. The molecule has 0 amide bonds. The maximum Gasteiger partial charge on any atom is 0.490 e. The zero-order chi connectivity index (χ0) is 23.8. The number of halogens is 3. The number of hydrogen-bond acceptors (Lipinski definition) is 6. The summed E-state index contributed by atoms with van der Waals surface area (Å²) in [6.45, 7) is 4.98. The Morgan fingerprint density at radius 2 is 1.61 bits per heavy atom. The minimum absolute atomic E-state index is 0.0491. The van der Waals surface area contributed by atoms with E-state index in [0.717, 1.165) is 0 Å². The number of pyridine rings is 1. The number of alkyl halides is 3. The quantitative estimate of drug-likeness (QED) is 0.570. The van der Waals surface area contributed by atoms with Crippen LogP contribution in [0.1, 0.15) is 24.2 Å². The van der Waals surface area contributed by atoms with Crippen LogP contribution in [0.25, 0.3) is 0 Å². The van der Waals surface area contributed by atoms with Crippen molar-refractivity contribution in [2.24, 2.45) is 0 Å². The van der Waals surface area contributed by atoms with Crippen molar-refractivity contribution in [3.8, 4) is 0 Å². The van der Waals surface area contributed by atoms with E-state index in [0.29, 0.717) is 18.9 Å². The number of rotatable bonds is 7. The van der Waals surface area contributed by atoms with Crippen molar-refractivity contribution in [2.45, 2.75) is 24.9 Å².